The molecule has 0 atom stereocenters. The topological polar surface area (TPSA) is 44.9 Å². The minimum Gasteiger partial charge on any atom is -0.335 e. The average Bonchev–Trinajstić information content (AvgIpc) is 1.94. The Morgan fingerprint density at radius 2 is 2.33 bits per heavy atom. The molecule has 1 rings (SSSR count). The van der Waals surface area contributed by atoms with Gasteiger partial charge in [-0.2, -0.15) is 0 Å². The third-order valence-corrected chi connectivity index (χ3v) is 1.73. The SMILES string of the molecule is CC(=O)Nc1ccc(Cl)[nH]c1=S. The van der Waals surface area contributed by atoms with Gasteiger partial charge < -0.3 is 10.3 Å². The number of halogens is 1. The van der Waals surface area contributed by atoms with Crippen LogP contribution >= 0.6 is 23.8 Å². The van der Waals surface area contributed by atoms with Crippen LogP contribution < -0.4 is 5.32 Å². The normalized spacial score (nSPS) is 9.50. The quantitative estimate of drug-likeness (QED) is 0.543. The number of carbonyl (C=O) groups is 1. The summed E-state index contributed by atoms with van der Waals surface area (Å²) in [6.45, 7) is 1.42. The van der Waals surface area contributed by atoms with E-state index in [9.17, 15) is 4.79 Å². The van der Waals surface area contributed by atoms with Crippen LogP contribution in [-0.2, 0) is 4.79 Å². The molecule has 1 amide bonds. The zero-order valence-corrected chi connectivity index (χ0v) is 7.92. The summed E-state index contributed by atoms with van der Waals surface area (Å²) in [5.41, 5.74) is 0.571. The van der Waals surface area contributed by atoms with E-state index in [0.29, 0.717) is 15.5 Å². The van der Waals surface area contributed by atoms with Crippen LogP contribution in [0.4, 0.5) is 5.69 Å². The van der Waals surface area contributed by atoms with Crippen LogP contribution in [0.1, 0.15) is 6.92 Å². The van der Waals surface area contributed by atoms with Crippen molar-refractivity contribution in [3.8, 4) is 0 Å². The van der Waals surface area contributed by atoms with E-state index in [1.165, 1.54) is 6.92 Å². The maximum Gasteiger partial charge on any atom is 0.221 e. The first-order chi connectivity index (χ1) is 5.59. The fourth-order valence-corrected chi connectivity index (χ4v) is 1.18. The minimum absolute atomic E-state index is 0.156. The summed E-state index contributed by atoms with van der Waals surface area (Å²) in [6, 6.07) is 3.28. The molecule has 0 spiro atoms. The largest absolute Gasteiger partial charge is 0.335 e. The van der Waals surface area contributed by atoms with Gasteiger partial charge in [-0.25, -0.2) is 0 Å². The first-order valence-electron chi connectivity index (χ1n) is 3.26. The maximum absolute atomic E-state index is 10.6. The van der Waals surface area contributed by atoms with Gasteiger partial charge in [0.1, 0.15) is 9.79 Å². The lowest BCUT2D eigenvalue weighted by Crippen LogP contribution is -2.06. The number of H-pyrrole nitrogens is 1. The molecule has 0 radical (unpaired) electrons. The molecule has 0 aliphatic rings. The molecule has 2 N–H and O–H groups in total. The highest BCUT2D eigenvalue weighted by Gasteiger charge is 1.97. The van der Waals surface area contributed by atoms with E-state index in [4.69, 9.17) is 23.8 Å². The number of nitrogens with one attached hydrogen (secondary N) is 2. The van der Waals surface area contributed by atoms with Gasteiger partial charge in [-0.15, -0.1) is 0 Å². The minimum atomic E-state index is -0.156. The molecule has 1 aromatic heterocycles. The molecule has 0 saturated carbocycles. The summed E-state index contributed by atoms with van der Waals surface area (Å²) >= 11 is 10.5. The molecule has 5 heteroatoms. The van der Waals surface area contributed by atoms with Crippen molar-refractivity contribution in [2.24, 2.45) is 0 Å². The predicted octanol–water partition coefficient (Wildman–Crippen LogP) is 2.36. The Morgan fingerprint density at radius 3 is 2.83 bits per heavy atom. The lowest BCUT2D eigenvalue weighted by Gasteiger charge is -2.01. The maximum atomic E-state index is 10.6. The second-order valence-electron chi connectivity index (χ2n) is 2.23. The highest BCUT2D eigenvalue weighted by atomic mass is 35.5. The number of pyridine rings is 1. The van der Waals surface area contributed by atoms with E-state index in [1.807, 2.05) is 0 Å². The van der Waals surface area contributed by atoms with Crippen molar-refractivity contribution in [3.63, 3.8) is 0 Å². The number of rotatable bonds is 1. The Labute approximate surface area is 79.8 Å². The average molecular weight is 203 g/mol. The summed E-state index contributed by atoms with van der Waals surface area (Å²) in [5, 5.41) is 3.02. The fourth-order valence-electron chi connectivity index (χ4n) is 0.738. The second-order valence-corrected chi connectivity index (χ2v) is 3.05. The van der Waals surface area contributed by atoms with E-state index in [-0.39, 0.29) is 5.91 Å². The first kappa shape index (κ1) is 9.22. The predicted molar refractivity (Wildman–Crippen MR) is 50.9 cm³/mol. The molecule has 0 fully saturated rings. The van der Waals surface area contributed by atoms with E-state index in [0.717, 1.165) is 0 Å². The molecule has 12 heavy (non-hydrogen) atoms. The summed E-state index contributed by atoms with van der Waals surface area (Å²) in [4.78, 5) is 13.4. The molecule has 0 aliphatic carbocycles. The monoisotopic (exact) mass is 202 g/mol. The third kappa shape index (κ3) is 2.32. The highest BCUT2D eigenvalue weighted by Crippen LogP contribution is 2.11. The van der Waals surface area contributed by atoms with Gasteiger partial charge in [-0.05, 0) is 12.1 Å². The number of carbonyl (C=O) groups excluding carboxylic acids is 1. The zero-order valence-electron chi connectivity index (χ0n) is 6.35. The number of anilines is 1. The molecular weight excluding hydrogens is 196 g/mol. The van der Waals surface area contributed by atoms with Gasteiger partial charge in [0.05, 0.1) is 5.69 Å². The molecule has 1 heterocycles. The smallest absolute Gasteiger partial charge is 0.221 e. The van der Waals surface area contributed by atoms with Gasteiger partial charge in [0.15, 0.2) is 0 Å². The Hall–Kier alpha value is -0.870. The van der Waals surface area contributed by atoms with Crippen LogP contribution in [0.15, 0.2) is 12.1 Å². The van der Waals surface area contributed by atoms with Crippen molar-refractivity contribution < 1.29 is 4.79 Å². The second kappa shape index (κ2) is 3.69. The molecule has 0 aliphatic heterocycles. The fraction of sp³-hybridized carbons (Fsp3) is 0.143. The van der Waals surface area contributed by atoms with Gasteiger partial charge >= 0.3 is 0 Å². The Kier molecular flexibility index (Phi) is 2.83. The lowest BCUT2D eigenvalue weighted by atomic mass is 10.4. The van der Waals surface area contributed by atoms with Crippen molar-refractivity contribution in [2.75, 3.05) is 5.32 Å². The van der Waals surface area contributed by atoms with Gasteiger partial charge in [0.25, 0.3) is 0 Å². The van der Waals surface area contributed by atoms with Gasteiger partial charge in [0.2, 0.25) is 5.91 Å². The molecular formula is C7H7ClN2OS. The van der Waals surface area contributed by atoms with Crippen molar-refractivity contribution in [1.82, 2.24) is 4.98 Å². The van der Waals surface area contributed by atoms with Crippen molar-refractivity contribution in [3.05, 3.63) is 21.9 Å². The lowest BCUT2D eigenvalue weighted by molar-refractivity contribution is -0.114. The molecule has 0 bridgehead atoms. The first-order valence-corrected chi connectivity index (χ1v) is 4.04. The summed E-state index contributed by atoms with van der Waals surface area (Å²) in [6.07, 6.45) is 0. The van der Waals surface area contributed by atoms with Crippen LogP contribution in [0.5, 0.6) is 0 Å². The Balaban J connectivity index is 3.02. The van der Waals surface area contributed by atoms with Crippen molar-refractivity contribution in [2.45, 2.75) is 6.92 Å². The van der Waals surface area contributed by atoms with Crippen LogP contribution in [0.3, 0.4) is 0 Å². The molecule has 0 saturated heterocycles. The van der Waals surface area contributed by atoms with Crippen LogP contribution in [0.25, 0.3) is 0 Å². The Bertz CT molecular complexity index is 361. The molecule has 3 nitrogen and oxygen atoms in total. The van der Waals surface area contributed by atoms with Crippen molar-refractivity contribution >= 4 is 35.4 Å². The number of hydrogen-bond acceptors (Lipinski definition) is 2. The van der Waals surface area contributed by atoms with E-state index in [2.05, 4.69) is 10.3 Å². The standard InChI is InChI=1S/C7H7ClN2OS/c1-4(11)9-5-2-3-6(8)10-7(5)12/h2-3H,1H3,(H,9,11)(H,10,12). The number of aromatic nitrogens is 1. The molecule has 0 unspecified atom stereocenters. The third-order valence-electron chi connectivity index (χ3n) is 1.18. The van der Waals surface area contributed by atoms with Crippen LogP contribution in [-0.4, -0.2) is 10.9 Å². The number of aromatic amines is 1. The summed E-state index contributed by atoms with van der Waals surface area (Å²) in [7, 11) is 0. The summed E-state index contributed by atoms with van der Waals surface area (Å²) in [5.74, 6) is -0.156. The van der Waals surface area contributed by atoms with Gasteiger partial charge in [-0.1, -0.05) is 23.8 Å². The Morgan fingerprint density at radius 1 is 1.67 bits per heavy atom. The van der Waals surface area contributed by atoms with E-state index in [1.54, 1.807) is 12.1 Å². The summed E-state index contributed by atoms with van der Waals surface area (Å²) < 4.78 is 0.428. The van der Waals surface area contributed by atoms with Crippen molar-refractivity contribution in [1.29, 1.82) is 0 Å². The van der Waals surface area contributed by atoms with Gasteiger partial charge in [0, 0.05) is 6.92 Å². The molecule has 1 aromatic rings. The zero-order chi connectivity index (χ0) is 9.14. The highest BCUT2D eigenvalue weighted by molar-refractivity contribution is 7.71. The molecule has 64 valence electrons. The van der Waals surface area contributed by atoms with E-state index < -0.39 is 0 Å². The number of hydrogen-bond donors (Lipinski definition) is 2. The molecule has 0 aromatic carbocycles. The number of amides is 1. The van der Waals surface area contributed by atoms with Gasteiger partial charge in [-0.3, -0.25) is 4.79 Å². The van der Waals surface area contributed by atoms with Crippen LogP contribution in [0, 0.1) is 4.64 Å². The van der Waals surface area contributed by atoms with Crippen LogP contribution in [0.2, 0.25) is 5.15 Å². The van der Waals surface area contributed by atoms with E-state index >= 15 is 0 Å².